The summed E-state index contributed by atoms with van der Waals surface area (Å²) in [6.45, 7) is 6.16. The Bertz CT molecular complexity index is 176. The molecule has 1 aliphatic heterocycles. The Morgan fingerprint density at radius 3 is 3.00 bits per heavy atom. The lowest BCUT2D eigenvalue weighted by molar-refractivity contribution is 0.937. The fraction of sp³-hybridized carbons (Fsp3) is 0.667. The summed E-state index contributed by atoms with van der Waals surface area (Å²) in [5.41, 5.74) is 1.36. The third kappa shape index (κ3) is 3.21. The molecule has 0 aromatic carbocycles. The van der Waals surface area contributed by atoms with Crippen molar-refractivity contribution in [3.8, 4) is 0 Å². The minimum atomic E-state index is 0.932. The zero-order valence-corrected chi connectivity index (χ0v) is 7.35. The van der Waals surface area contributed by atoms with Crippen LogP contribution in [-0.4, -0.2) is 18.9 Å². The fourth-order valence-electron chi connectivity index (χ4n) is 1.06. The first kappa shape index (κ1) is 8.31. The van der Waals surface area contributed by atoms with E-state index in [0.717, 1.165) is 19.5 Å². The molecule has 0 saturated carbocycles. The zero-order chi connectivity index (χ0) is 8.10. The van der Waals surface area contributed by atoms with Gasteiger partial charge in [-0.2, -0.15) is 0 Å². The minimum Gasteiger partial charge on any atom is -0.370 e. The average molecular weight is 152 g/mol. The number of amidine groups is 1. The SMILES string of the molecule is CC(C)=CCNC1=NCCC1. The maximum absolute atomic E-state index is 4.31. The summed E-state index contributed by atoms with van der Waals surface area (Å²) in [6, 6.07) is 0. The normalized spacial score (nSPS) is 16.0. The average Bonchev–Trinajstić information content (AvgIpc) is 2.39. The van der Waals surface area contributed by atoms with Gasteiger partial charge in [0, 0.05) is 19.5 Å². The van der Waals surface area contributed by atoms with Crippen LogP contribution in [0.3, 0.4) is 0 Å². The van der Waals surface area contributed by atoms with Crippen molar-refractivity contribution in [3.63, 3.8) is 0 Å². The van der Waals surface area contributed by atoms with Crippen molar-refractivity contribution in [3.05, 3.63) is 11.6 Å². The Balaban J connectivity index is 2.17. The molecular formula is C9H16N2. The van der Waals surface area contributed by atoms with Crippen LogP contribution in [0.2, 0.25) is 0 Å². The second-order valence-corrected chi connectivity index (χ2v) is 3.09. The molecule has 0 atom stereocenters. The first-order chi connectivity index (χ1) is 5.29. The summed E-state index contributed by atoms with van der Waals surface area (Å²) in [4.78, 5) is 4.31. The van der Waals surface area contributed by atoms with Crippen LogP contribution in [0.4, 0.5) is 0 Å². The van der Waals surface area contributed by atoms with Crippen molar-refractivity contribution < 1.29 is 0 Å². The van der Waals surface area contributed by atoms with Crippen LogP contribution in [0.5, 0.6) is 0 Å². The van der Waals surface area contributed by atoms with E-state index in [1.165, 1.54) is 17.8 Å². The third-order valence-electron chi connectivity index (χ3n) is 1.69. The first-order valence-corrected chi connectivity index (χ1v) is 4.19. The van der Waals surface area contributed by atoms with Crippen LogP contribution in [0.1, 0.15) is 26.7 Å². The summed E-state index contributed by atoms with van der Waals surface area (Å²) >= 11 is 0. The van der Waals surface area contributed by atoms with E-state index in [-0.39, 0.29) is 0 Å². The molecule has 1 N–H and O–H groups in total. The monoisotopic (exact) mass is 152 g/mol. The molecule has 0 amide bonds. The van der Waals surface area contributed by atoms with Crippen molar-refractivity contribution in [1.82, 2.24) is 5.32 Å². The maximum Gasteiger partial charge on any atom is 0.0966 e. The minimum absolute atomic E-state index is 0.932. The largest absolute Gasteiger partial charge is 0.370 e. The second kappa shape index (κ2) is 4.16. The summed E-state index contributed by atoms with van der Waals surface area (Å²) in [5, 5.41) is 3.29. The number of nitrogens with one attached hydrogen (secondary N) is 1. The van der Waals surface area contributed by atoms with Gasteiger partial charge in [-0.05, 0) is 20.3 Å². The standard InChI is InChI=1S/C9H16N2/c1-8(2)5-7-11-9-4-3-6-10-9/h5H,3-4,6-7H2,1-2H3,(H,10,11). The molecule has 0 aromatic heterocycles. The number of hydrogen-bond acceptors (Lipinski definition) is 2. The van der Waals surface area contributed by atoms with Crippen LogP contribution >= 0.6 is 0 Å². The lowest BCUT2D eigenvalue weighted by Crippen LogP contribution is -2.21. The number of aliphatic imine (C=N–C) groups is 1. The molecule has 0 aliphatic carbocycles. The van der Waals surface area contributed by atoms with Gasteiger partial charge in [0.15, 0.2) is 0 Å². The predicted molar refractivity (Wildman–Crippen MR) is 49.0 cm³/mol. The molecule has 0 radical (unpaired) electrons. The highest BCUT2D eigenvalue weighted by Gasteiger charge is 2.02. The van der Waals surface area contributed by atoms with E-state index in [4.69, 9.17) is 0 Å². The van der Waals surface area contributed by atoms with Gasteiger partial charge in [-0.1, -0.05) is 11.6 Å². The zero-order valence-electron chi connectivity index (χ0n) is 7.35. The molecule has 0 aromatic rings. The smallest absolute Gasteiger partial charge is 0.0966 e. The second-order valence-electron chi connectivity index (χ2n) is 3.09. The van der Waals surface area contributed by atoms with Crippen molar-refractivity contribution >= 4 is 5.84 Å². The van der Waals surface area contributed by atoms with E-state index >= 15 is 0 Å². The lowest BCUT2D eigenvalue weighted by atomic mass is 10.3. The third-order valence-corrected chi connectivity index (χ3v) is 1.69. The number of hydrogen-bond donors (Lipinski definition) is 1. The number of rotatable bonds is 2. The summed E-state index contributed by atoms with van der Waals surface area (Å²) in [5.74, 6) is 1.18. The summed E-state index contributed by atoms with van der Waals surface area (Å²) < 4.78 is 0. The van der Waals surface area contributed by atoms with Crippen LogP contribution < -0.4 is 5.32 Å². The topological polar surface area (TPSA) is 24.4 Å². The van der Waals surface area contributed by atoms with E-state index < -0.39 is 0 Å². The quantitative estimate of drug-likeness (QED) is 0.599. The molecule has 0 unspecified atom stereocenters. The molecule has 2 nitrogen and oxygen atoms in total. The molecule has 1 heterocycles. The molecule has 1 aliphatic rings. The molecule has 0 fully saturated rings. The molecule has 11 heavy (non-hydrogen) atoms. The van der Waals surface area contributed by atoms with Gasteiger partial charge in [-0.25, -0.2) is 0 Å². The Labute approximate surface area is 68.4 Å². The highest BCUT2D eigenvalue weighted by Crippen LogP contribution is 2.00. The van der Waals surface area contributed by atoms with E-state index in [1.807, 2.05) is 0 Å². The van der Waals surface area contributed by atoms with E-state index in [0.29, 0.717) is 0 Å². The van der Waals surface area contributed by atoms with Gasteiger partial charge in [-0.15, -0.1) is 0 Å². The maximum atomic E-state index is 4.31. The highest BCUT2D eigenvalue weighted by atomic mass is 15.0. The van der Waals surface area contributed by atoms with E-state index in [9.17, 15) is 0 Å². The molecule has 1 rings (SSSR count). The Hall–Kier alpha value is -0.790. The van der Waals surface area contributed by atoms with Crippen LogP contribution in [0.15, 0.2) is 16.6 Å². The van der Waals surface area contributed by atoms with Gasteiger partial charge in [0.25, 0.3) is 0 Å². The van der Waals surface area contributed by atoms with Crippen molar-refractivity contribution in [2.45, 2.75) is 26.7 Å². The van der Waals surface area contributed by atoms with E-state index in [2.05, 4.69) is 30.2 Å². The predicted octanol–water partition coefficient (Wildman–Crippen LogP) is 1.73. The number of nitrogens with zero attached hydrogens (tertiary/aromatic N) is 1. The molecule has 62 valence electrons. The fourth-order valence-corrected chi connectivity index (χ4v) is 1.06. The molecular weight excluding hydrogens is 136 g/mol. The Kier molecular flexibility index (Phi) is 3.14. The van der Waals surface area contributed by atoms with Gasteiger partial charge >= 0.3 is 0 Å². The van der Waals surface area contributed by atoms with Gasteiger partial charge in [0.2, 0.25) is 0 Å². The van der Waals surface area contributed by atoms with Crippen LogP contribution in [-0.2, 0) is 0 Å². The van der Waals surface area contributed by atoms with Gasteiger partial charge in [0.05, 0.1) is 5.84 Å². The Morgan fingerprint density at radius 1 is 1.64 bits per heavy atom. The van der Waals surface area contributed by atoms with Crippen LogP contribution in [0.25, 0.3) is 0 Å². The Morgan fingerprint density at radius 2 is 2.45 bits per heavy atom. The van der Waals surface area contributed by atoms with Gasteiger partial charge in [0.1, 0.15) is 0 Å². The van der Waals surface area contributed by atoms with Crippen molar-refractivity contribution in [1.29, 1.82) is 0 Å². The van der Waals surface area contributed by atoms with Crippen LogP contribution in [0, 0.1) is 0 Å². The van der Waals surface area contributed by atoms with Crippen molar-refractivity contribution in [2.75, 3.05) is 13.1 Å². The number of allylic oxidation sites excluding steroid dienone is 1. The summed E-state index contributed by atoms with van der Waals surface area (Å²) in [6.07, 6.45) is 4.54. The van der Waals surface area contributed by atoms with E-state index in [1.54, 1.807) is 0 Å². The molecule has 0 saturated heterocycles. The van der Waals surface area contributed by atoms with Gasteiger partial charge < -0.3 is 5.32 Å². The highest BCUT2D eigenvalue weighted by molar-refractivity contribution is 5.83. The first-order valence-electron chi connectivity index (χ1n) is 4.19. The van der Waals surface area contributed by atoms with Crippen molar-refractivity contribution in [2.24, 2.45) is 4.99 Å². The van der Waals surface area contributed by atoms with Gasteiger partial charge in [-0.3, -0.25) is 4.99 Å². The molecule has 0 bridgehead atoms. The summed E-state index contributed by atoms with van der Waals surface area (Å²) in [7, 11) is 0. The molecule has 0 spiro atoms. The lowest BCUT2D eigenvalue weighted by Gasteiger charge is -2.00. The molecule has 2 heteroatoms.